The molecule has 1 N–H and O–H groups in total. The number of halogens is 1. The third kappa shape index (κ3) is 4.18. The Morgan fingerprint density at radius 2 is 1.81 bits per heavy atom. The summed E-state index contributed by atoms with van der Waals surface area (Å²) in [6.45, 7) is 1.84. The lowest BCUT2D eigenvalue weighted by Gasteiger charge is -2.15. The molecule has 2 aromatic heterocycles. The van der Waals surface area contributed by atoms with Gasteiger partial charge in [-0.25, -0.2) is 4.39 Å². The van der Waals surface area contributed by atoms with Gasteiger partial charge < -0.3 is 9.88 Å². The van der Waals surface area contributed by atoms with E-state index in [1.165, 1.54) is 47.4 Å². The minimum atomic E-state index is -0.601. The molecule has 0 unspecified atom stereocenters. The van der Waals surface area contributed by atoms with Crippen LogP contribution in [0.15, 0.2) is 78.0 Å². The molecule has 0 fully saturated rings. The van der Waals surface area contributed by atoms with Crippen LogP contribution in [0.3, 0.4) is 0 Å². The molecule has 2 heterocycles. The van der Waals surface area contributed by atoms with E-state index in [0.29, 0.717) is 11.2 Å². The van der Waals surface area contributed by atoms with Gasteiger partial charge in [0.15, 0.2) is 5.78 Å². The number of ketones is 1. The standard InChI is InChI=1S/C25H20FN3O3/c1-2-16-5-3-4-6-21(16)28-23(30)15-29-14-20(24(31)17-9-11-27-12-10-17)25(32)19-13-18(26)7-8-22(19)29/h3-14H,2,15H2,1H3,(H,28,30). The second-order valence-electron chi connectivity index (χ2n) is 7.29. The van der Waals surface area contributed by atoms with Gasteiger partial charge in [-0.1, -0.05) is 25.1 Å². The molecule has 7 heteroatoms. The molecule has 160 valence electrons. The molecule has 0 saturated heterocycles. The zero-order chi connectivity index (χ0) is 22.7. The van der Waals surface area contributed by atoms with E-state index in [9.17, 15) is 18.8 Å². The first-order valence-corrected chi connectivity index (χ1v) is 10.1. The average Bonchev–Trinajstić information content (AvgIpc) is 2.81. The number of aromatic nitrogens is 2. The number of para-hydroxylation sites is 1. The molecule has 1 amide bonds. The Bertz CT molecular complexity index is 1380. The fourth-order valence-electron chi connectivity index (χ4n) is 3.62. The van der Waals surface area contributed by atoms with Crippen LogP contribution in [0.4, 0.5) is 10.1 Å². The van der Waals surface area contributed by atoms with Crippen LogP contribution >= 0.6 is 0 Å². The molecule has 4 rings (SSSR count). The first kappa shape index (κ1) is 21.1. The molecule has 6 nitrogen and oxygen atoms in total. The molecule has 0 atom stereocenters. The molecule has 0 aliphatic heterocycles. The van der Waals surface area contributed by atoms with Gasteiger partial charge in [-0.15, -0.1) is 0 Å². The highest BCUT2D eigenvalue weighted by Gasteiger charge is 2.19. The monoisotopic (exact) mass is 429 g/mol. The summed E-state index contributed by atoms with van der Waals surface area (Å²) in [5, 5.41) is 2.91. The maximum absolute atomic E-state index is 13.9. The lowest BCUT2D eigenvalue weighted by atomic mass is 10.0. The number of benzene rings is 2. The third-order valence-corrected chi connectivity index (χ3v) is 5.22. The highest BCUT2D eigenvalue weighted by molar-refractivity contribution is 6.10. The first-order valence-electron chi connectivity index (χ1n) is 10.1. The fraction of sp³-hybridized carbons (Fsp3) is 0.120. The van der Waals surface area contributed by atoms with Crippen LogP contribution in [-0.4, -0.2) is 21.2 Å². The number of carbonyl (C=O) groups excluding carboxylic acids is 2. The summed E-state index contributed by atoms with van der Waals surface area (Å²) < 4.78 is 15.4. The lowest BCUT2D eigenvalue weighted by molar-refractivity contribution is -0.116. The first-order chi connectivity index (χ1) is 15.5. The average molecular weight is 429 g/mol. The quantitative estimate of drug-likeness (QED) is 0.471. The van der Waals surface area contributed by atoms with E-state index in [0.717, 1.165) is 18.1 Å². The molecular weight excluding hydrogens is 409 g/mol. The summed E-state index contributed by atoms with van der Waals surface area (Å²) in [5.41, 5.74) is 1.60. The van der Waals surface area contributed by atoms with Gasteiger partial charge >= 0.3 is 0 Å². The van der Waals surface area contributed by atoms with Crippen molar-refractivity contribution in [3.8, 4) is 0 Å². The number of pyridine rings is 2. The number of aryl methyl sites for hydroxylation is 1. The van der Waals surface area contributed by atoms with Crippen LogP contribution < -0.4 is 10.7 Å². The van der Waals surface area contributed by atoms with E-state index in [1.807, 2.05) is 31.2 Å². The van der Waals surface area contributed by atoms with Gasteiger partial charge in [0.1, 0.15) is 12.4 Å². The van der Waals surface area contributed by atoms with E-state index < -0.39 is 17.0 Å². The molecule has 0 aliphatic carbocycles. The maximum atomic E-state index is 13.9. The summed E-state index contributed by atoms with van der Waals surface area (Å²) in [7, 11) is 0. The second kappa shape index (κ2) is 8.93. The Balaban J connectivity index is 1.76. The van der Waals surface area contributed by atoms with Crippen molar-refractivity contribution in [3.05, 3.63) is 106 Å². The predicted octanol–water partition coefficient (Wildman–Crippen LogP) is 3.97. The lowest BCUT2D eigenvalue weighted by Crippen LogP contribution is -2.24. The number of nitrogens with zero attached hydrogens (tertiary/aromatic N) is 2. The van der Waals surface area contributed by atoms with Crippen molar-refractivity contribution >= 4 is 28.3 Å². The maximum Gasteiger partial charge on any atom is 0.244 e. The Morgan fingerprint density at radius 3 is 2.56 bits per heavy atom. The van der Waals surface area contributed by atoms with Crippen LogP contribution in [-0.2, 0) is 17.8 Å². The molecule has 0 radical (unpaired) electrons. The number of hydrogen-bond acceptors (Lipinski definition) is 4. The largest absolute Gasteiger partial charge is 0.337 e. The zero-order valence-corrected chi connectivity index (χ0v) is 17.3. The SMILES string of the molecule is CCc1ccccc1NC(=O)Cn1cc(C(=O)c2ccncc2)c(=O)c2cc(F)ccc21. The highest BCUT2D eigenvalue weighted by atomic mass is 19.1. The van der Waals surface area contributed by atoms with Crippen molar-refractivity contribution < 1.29 is 14.0 Å². The Labute approximate surface area is 183 Å². The number of fused-ring (bicyclic) bond motifs is 1. The van der Waals surface area contributed by atoms with Crippen molar-refractivity contribution in [2.45, 2.75) is 19.9 Å². The number of nitrogens with one attached hydrogen (secondary N) is 1. The van der Waals surface area contributed by atoms with E-state index >= 15 is 0 Å². The van der Waals surface area contributed by atoms with E-state index in [4.69, 9.17) is 0 Å². The number of hydrogen-bond donors (Lipinski definition) is 1. The Morgan fingerprint density at radius 1 is 1.06 bits per heavy atom. The van der Waals surface area contributed by atoms with Gasteiger partial charge in [0.2, 0.25) is 11.3 Å². The molecule has 2 aromatic carbocycles. The van der Waals surface area contributed by atoms with Crippen molar-refractivity contribution in [2.24, 2.45) is 0 Å². The molecule has 0 saturated carbocycles. The number of anilines is 1. The van der Waals surface area contributed by atoms with Gasteiger partial charge in [0.05, 0.1) is 11.1 Å². The van der Waals surface area contributed by atoms with Crippen LogP contribution in [0.25, 0.3) is 10.9 Å². The fourth-order valence-corrected chi connectivity index (χ4v) is 3.62. The summed E-state index contributed by atoms with van der Waals surface area (Å²) in [4.78, 5) is 42.7. The highest BCUT2D eigenvalue weighted by Crippen LogP contribution is 2.18. The predicted molar refractivity (Wildman–Crippen MR) is 120 cm³/mol. The number of carbonyl (C=O) groups is 2. The normalized spacial score (nSPS) is 10.8. The third-order valence-electron chi connectivity index (χ3n) is 5.22. The summed E-state index contributed by atoms with van der Waals surface area (Å²) >= 11 is 0. The van der Waals surface area contributed by atoms with Gasteiger partial charge in [-0.2, -0.15) is 0 Å². The molecule has 4 aromatic rings. The molecular formula is C25H20FN3O3. The zero-order valence-electron chi connectivity index (χ0n) is 17.3. The van der Waals surface area contributed by atoms with Crippen molar-refractivity contribution in [1.29, 1.82) is 0 Å². The van der Waals surface area contributed by atoms with Crippen molar-refractivity contribution in [1.82, 2.24) is 9.55 Å². The smallest absolute Gasteiger partial charge is 0.244 e. The Kier molecular flexibility index (Phi) is 5.89. The minimum absolute atomic E-state index is 0.0339. The van der Waals surface area contributed by atoms with Gasteiger partial charge in [0.25, 0.3) is 0 Å². The topological polar surface area (TPSA) is 81.1 Å². The van der Waals surface area contributed by atoms with Gasteiger partial charge in [-0.05, 0) is 48.4 Å². The van der Waals surface area contributed by atoms with E-state index in [2.05, 4.69) is 10.3 Å². The molecule has 0 aliphatic rings. The Hall–Kier alpha value is -4.13. The second-order valence-corrected chi connectivity index (χ2v) is 7.29. The van der Waals surface area contributed by atoms with Crippen LogP contribution in [0.5, 0.6) is 0 Å². The van der Waals surface area contributed by atoms with Gasteiger partial charge in [-0.3, -0.25) is 19.4 Å². The van der Waals surface area contributed by atoms with E-state index in [1.54, 1.807) is 0 Å². The molecule has 0 spiro atoms. The number of amides is 1. The van der Waals surface area contributed by atoms with Crippen molar-refractivity contribution in [3.63, 3.8) is 0 Å². The van der Waals surface area contributed by atoms with Crippen molar-refractivity contribution in [2.75, 3.05) is 5.32 Å². The summed E-state index contributed by atoms with van der Waals surface area (Å²) in [5.74, 6) is -1.45. The van der Waals surface area contributed by atoms with E-state index in [-0.39, 0.29) is 29.0 Å². The van der Waals surface area contributed by atoms with Crippen LogP contribution in [0, 0.1) is 5.82 Å². The number of rotatable bonds is 6. The summed E-state index contributed by atoms with van der Waals surface area (Å²) in [6, 6.07) is 14.2. The minimum Gasteiger partial charge on any atom is -0.337 e. The summed E-state index contributed by atoms with van der Waals surface area (Å²) in [6.07, 6.45) is 5.01. The molecule has 32 heavy (non-hydrogen) atoms. The van der Waals surface area contributed by atoms with Crippen LogP contribution in [0.2, 0.25) is 0 Å². The van der Waals surface area contributed by atoms with Crippen LogP contribution in [0.1, 0.15) is 28.4 Å². The molecule has 0 bridgehead atoms. The van der Waals surface area contributed by atoms with Gasteiger partial charge in [0, 0.05) is 35.2 Å².